The molecule has 118 valence electrons. The molecule has 0 bridgehead atoms. The highest BCUT2D eigenvalue weighted by Crippen LogP contribution is 2.28. The van der Waals surface area contributed by atoms with Gasteiger partial charge >= 0.3 is 0 Å². The van der Waals surface area contributed by atoms with Crippen LogP contribution >= 0.6 is 0 Å². The van der Waals surface area contributed by atoms with Gasteiger partial charge in [0.15, 0.2) is 0 Å². The summed E-state index contributed by atoms with van der Waals surface area (Å²) < 4.78 is 5.44. The van der Waals surface area contributed by atoms with Crippen molar-refractivity contribution in [3.63, 3.8) is 0 Å². The zero-order valence-corrected chi connectivity index (χ0v) is 13.2. The van der Waals surface area contributed by atoms with Crippen LogP contribution in [0, 0.1) is 11.3 Å². The number of hydrogen-bond acceptors (Lipinski definition) is 5. The van der Waals surface area contributed by atoms with E-state index in [0.29, 0.717) is 6.04 Å². The first-order valence-corrected chi connectivity index (χ1v) is 8.10. The summed E-state index contributed by atoms with van der Waals surface area (Å²) in [6.07, 6.45) is 2.33. The monoisotopic (exact) mass is 300 g/mol. The maximum atomic E-state index is 9.40. The number of nitrogens with one attached hydrogen (secondary N) is 1. The molecule has 2 aliphatic rings. The molecule has 2 heterocycles. The molecule has 0 amide bonds. The molecule has 0 aromatic heterocycles. The minimum atomic E-state index is 0.669. The van der Waals surface area contributed by atoms with Crippen molar-refractivity contribution in [3.8, 4) is 6.07 Å². The Morgan fingerprint density at radius 3 is 2.55 bits per heavy atom. The number of rotatable bonds is 3. The summed E-state index contributed by atoms with van der Waals surface area (Å²) in [5, 5.41) is 12.5. The third-order valence-electron chi connectivity index (χ3n) is 4.77. The van der Waals surface area contributed by atoms with E-state index in [-0.39, 0.29) is 0 Å². The van der Waals surface area contributed by atoms with Crippen LogP contribution < -0.4 is 10.2 Å². The van der Waals surface area contributed by atoms with Gasteiger partial charge in [-0.1, -0.05) is 0 Å². The average molecular weight is 300 g/mol. The standard InChI is InChI=1S/C17H24N4O/c1-19-15-2-3-17(14(12-15)13-18)21-6-4-16(5-7-21)20-8-10-22-11-9-20/h2-3,12,16,19H,4-11H2,1H3. The lowest BCUT2D eigenvalue weighted by Gasteiger charge is -2.41. The summed E-state index contributed by atoms with van der Waals surface area (Å²) in [5.41, 5.74) is 2.82. The number of nitriles is 1. The second kappa shape index (κ2) is 6.99. The third kappa shape index (κ3) is 3.18. The van der Waals surface area contributed by atoms with E-state index in [1.807, 2.05) is 19.2 Å². The van der Waals surface area contributed by atoms with Crippen molar-refractivity contribution in [2.75, 3.05) is 56.7 Å². The second-order valence-corrected chi connectivity index (χ2v) is 5.96. The van der Waals surface area contributed by atoms with Crippen LogP contribution in [-0.4, -0.2) is 57.4 Å². The van der Waals surface area contributed by atoms with Crippen molar-refractivity contribution in [1.29, 1.82) is 5.26 Å². The maximum absolute atomic E-state index is 9.40. The number of piperidine rings is 1. The lowest BCUT2D eigenvalue weighted by atomic mass is 10.0. The maximum Gasteiger partial charge on any atom is 0.101 e. The van der Waals surface area contributed by atoms with Crippen LogP contribution in [-0.2, 0) is 4.74 Å². The zero-order valence-electron chi connectivity index (χ0n) is 13.2. The lowest BCUT2D eigenvalue weighted by molar-refractivity contribution is 0.0115. The molecule has 0 aliphatic carbocycles. The molecule has 0 atom stereocenters. The summed E-state index contributed by atoms with van der Waals surface area (Å²) in [6, 6.07) is 9.05. The molecule has 5 nitrogen and oxygen atoms in total. The van der Waals surface area contributed by atoms with E-state index in [9.17, 15) is 5.26 Å². The Balaban J connectivity index is 1.65. The molecule has 1 aromatic rings. The van der Waals surface area contributed by atoms with Crippen molar-refractivity contribution in [3.05, 3.63) is 23.8 Å². The Morgan fingerprint density at radius 1 is 1.18 bits per heavy atom. The minimum absolute atomic E-state index is 0.669. The molecular weight excluding hydrogens is 276 g/mol. The van der Waals surface area contributed by atoms with Crippen LogP contribution in [0.5, 0.6) is 0 Å². The second-order valence-electron chi connectivity index (χ2n) is 5.96. The molecular formula is C17H24N4O. The number of benzene rings is 1. The van der Waals surface area contributed by atoms with E-state index in [4.69, 9.17) is 4.74 Å². The van der Waals surface area contributed by atoms with Gasteiger partial charge in [-0.2, -0.15) is 5.26 Å². The average Bonchev–Trinajstić information content (AvgIpc) is 2.62. The van der Waals surface area contributed by atoms with Crippen LogP contribution in [0.3, 0.4) is 0 Å². The fourth-order valence-corrected chi connectivity index (χ4v) is 3.47. The largest absolute Gasteiger partial charge is 0.388 e. The highest BCUT2D eigenvalue weighted by Gasteiger charge is 2.26. The highest BCUT2D eigenvalue weighted by molar-refractivity contribution is 5.65. The predicted molar refractivity (Wildman–Crippen MR) is 88.3 cm³/mol. The van der Waals surface area contributed by atoms with E-state index in [2.05, 4.69) is 27.3 Å². The first-order chi connectivity index (χ1) is 10.8. The molecule has 5 heteroatoms. The summed E-state index contributed by atoms with van der Waals surface area (Å²) >= 11 is 0. The molecule has 22 heavy (non-hydrogen) atoms. The van der Waals surface area contributed by atoms with Crippen LogP contribution in [0.15, 0.2) is 18.2 Å². The van der Waals surface area contributed by atoms with Crippen LogP contribution in [0.4, 0.5) is 11.4 Å². The molecule has 1 aromatic carbocycles. The highest BCUT2D eigenvalue weighted by atomic mass is 16.5. The number of nitrogens with zero attached hydrogens (tertiary/aromatic N) is 3. The zero-order chi connectivity index (χ0) is 15.4. The van der Waals surface area contributed by atoms with Gasteiger partial charge in [-0.25, -0.2) is 0 Å². The Hall–Kier alpha value is -1.77. The summed E-state index contributed by atoms with van der Waals surface area (Å²) in [5.74, 6) is 0. The quantitative estimate of drug-likeness (QED) is 0.924. The van der Waals surface area contributed by atoms with Crippen molar-refractivity contribution >= 4 is 11.4 Å². The Kier molecular flexibility index (Phi) is 4.81. The van der Waals surface area contributed by atoms with E-state index < -0.39 is 0 Å². The molecule has 0 saturated carbocycles. The van der Waals surface area contributed by atoms with Crippen LogP contribution in [0.25, 0.3) is 0 Å². The molecule has 2 fully saturated rings. The van der Waals surface area contributed by atoms with E-state index >= 15 is 0 Å². The Morgan fingerprint density at radius 2 is 1.91 bits per heavy atom. The summed E-state index contributed by atoms with van der Waals surface area (Å²) in [7, 11) is 1.88. The minimum Gasteiger partial charge on any atom is -0.388 e. The van der Waals surface area contributed by atoms with Gasteiger partial charge in [0.1, 0.15) is 6.07 Å². The van der Waals surface area contributed by atoms with Gasteiger partial charge in [0.05, 0.1) is 24.5 Å². The van der Waals surface area contributed by atoms with Gasteiger partial charge in [0, 0.05) is 45.0 Å². The fraction of sp³-hybridized carbons (Fsp3) is 0.588. The molecule has 3 rings (SSSR count). The summed E-state index contributed by atoms with van der Waals surface area (Å²) in [6.45, 7) is 5.90. The summed E-state index contributed by atoms with van der Waals surface area (Å²) in [4.78, 5) is 4.92. The van der Waals surface area contributed by atoms with Crippen molar-refractivity contribution in [2.45, 2.75) is 18.9 Å². The van der Waals surface area contributed by atoms with E-state index in [1.54, 1.807) is 0 Å². The normalized spacial score (nSPS) is 20.6. The molecule has 2 saturated heterocycles. The predicted octanol–water partition coefficient (Wildman–Crippen LogP) is 1.90. The van der Waals surface area contributed by atoms with Crippen LogP contribution in [0.2, 0.25) is 0 Å². The van der Waals surface area contributed by atoms with Gasteiger partial charge in [0.2, 0.25) is 0 Å². The number of morpholine rings is 1. The number of hydrogen-bond donors (Lipinski definition) is 1. The number of ether oxygens (including phenoxy) is 1. The molecule has 2 aliphatic heterocycles. The van der Waals surface area contributed by atoms with Gasteiger partial charge < -0.3 is 15.0 Å². The van der Waals surface area contributed by atoms with Gasteiger partial charge in [0.25, 0.3) is 0 Å². The molecule has 0 unspecified atom stereocenters. The van der Waals surface area contributed by atoms with E-state index in [0.717, 1.165) is 56.3 Å². The van der Waals surface area contributed by atoms with Gasteiger partial charge in [-0.05, 0) is 31.0 Å². The molecule has 1 N–H and O–H groups in total. The fourth-order valence-electron chi connectivity index (χ4n) is 3.47. The van der Waals surface area contributed by atoms with Crippen LogP contribution in [0.1, 0.15) is 18.4 Å². The topological polar surface area (TPSA) is 51.5 Å². The van der Waals surface area contributed by atoms with Crippen molar-refractivity contribution in [2.24, 2.45) is 0 Å². The Labute approximate surface area is 132 Å². The SMILES string of the molecule is CNc1ccc(N2CCC(N3CCOCC3)CC2)c(C#N)c1. The van der Waals surface area contributed by atoms with Crippen molar-refractivity contribution in [1.82, 2.24) is 4.90 Å². The smallest absolute Gasteiger partial charge is 0.101 e. The molecule has 0 radical (unpaired) electrons. The van der Waals surface area contributed by atoms with Gasteiger partial charge in [-0.15, -0.1) is 0 Å². The van der Waals surface area contributed by atoms with E-state index in [1.165, 1.54) is 12.8 Å². The third-order valence-corrected chi connectivity index (χ3v) is 4.77. The van der Waals surface area contributed by atoms with Crippen molar-refractivity contribution < 1.29 is 4.74 Å². The Bertz CT molecular complexity index is 540. The lowest BCUT2D eigenvalue weighted by Crippen LogP contribution is -2.49. The first kappa shape index (κ1) is 15.1. The molecule has 0 spiro atoms. The number of anilines is 2. The van der Waals surface area contributed by atoms with Gasteiger partial charge in [-0.3, -0.25) is 4.90 Å². The first-order valence-electron chi connectivity index (χ1n) is 8.10.